The van der Waals surface area contributed by atoms with Gasteiger partial charge in [-0.25, -0.2) is 4.79 Å². The van der Waals surface area contributed by atoms with Crippen molar-refractivity contribution >= 4 is 5.97 Å². The number of esters is 1. The van der Waals surface area contributed by atoms with Crippen molar-refractivity contribution in [3.8, 4) is 0 Å². The summed E-state index contributed by atoms with van der Waals surface area (Å²) >= 11 is 0. The van der Waals surface area contributed by atoms with Crippen LogP contribution in [0.2, 0.25) is 0 Å². The number of rotatable bonds is 2. The molecule has 118 valence electrons. The lowest BCUT2D eigenvalue weighted by atomic mass is 9.76. The molecule has 3 heteroatoms. The van der Waals surface area contributed by atoms with Crippen LogP contribution in [0.3, 0.4) is 0 Å². The number of hydrogen-bond acceptors (Lipinski definition) is 3. The third-order valence-electron chi connectivity index (χ3n) is 4.50. The molecule has 0 aromatic heterocycles. The summed E-state index contributed by atoms with van der Waals surface area (Å²) < 4.78 is 12.0. The van der Waals surface area contributed by atoms with E-state index < -0.39 is 11.9 Å². The van der Waals surface area contributed by atoms with Crippen LogP contribution in [0.5, 0.6) is 0 Å². The number of allylic oxidation sites excluding steroid dienone is 1. The summed E-state index contributed by atoms with van der Waals surface area (Å²) in [4.78, 5) is 12.9. The van der Waals surface area contributed by atoms with Crippen molar-refractivity contribution in [2.45, 2.75) is 51.9 Å². The molecule has 1 aliphatic heterocycles. The first-order valence-corrected chi connectivity index (χ1v) is 8.05. The van der Waals surface area contributed by atoms with Gasteiger partial charge in [-0.2, -0.15) is 0 Å². The Labute approximate surface area is 132 Å². The summed E-state index contributed by atoms with van der Waals surface area (Å²) in [6.45, 7) is 6.09. The third kappa shape index (κ3) is 2.48. The van der Waals surface area contributed by atoms with Gasteiger partial charge in [0.2, 0.25) is 11.9 Å². The van der Waals surface area contributed by atoms with Crippen LogP contribution in [0.25, 0.3) is 0 Å². The number of carbonyl (C=O) groups is 1. The molecule has 0 bridgehead atoms. The Morgan fingerprint density at radius 1 is 1.18 bits per heavy atom. The highest BCUT2D eigenvalue weighted by Gasteiger charge is 2.58. The first-order chi connectivity index (χ1) is 10.4. The molecule has 0 spiro atoms. The van der Waals surface area contributed by atoms with E-state index in [0.717, 1.165) is 24.8 Å². The quantitative estimate of drug-likeness (QED) is 0.607. The molecule has 1 unspecified atom stereocenters. The SMILES string of the molecule is CC(C)(C)[C@@H]1OC(=O)[C@@](c2ccccc2)(C2C=CCCC2)O1. The van der Waals surface area contributed by atoms with Crippen molar-refractivity contribution in [3.63, 3.8) is 0 Å². The Morgan fingerprint density at radius 3 is 2.45 bits per heavy atom. The number of benzene rings is 1. The van der Waals surface area contributed by atoms with Gasteiger partial charge in [-0.05, 0) is 24.8 Å². The molecule has 1 saturated heterocycles. The van der Waals surface area contributed by atoms with Crippen LogP contribution in [0.4, 0.5) is 0 Å². The van der Waals surface area contributed by atoms with Crippen molar-refractivity contribution in [3.05, 3.63) is 48.0 Å². The number of ether oxygens (including phenoxy) is 2. The minimum atomic E-state index is -1.00. The maximum atomic E-state index is 12.9. The molecule has 2 aliphatic rings. The summed E-state index contributed by atoms with van der Waals surface area (Å²) in [7, 11) is 0. The third-order valence-corrected chi connectivity index (χ3v) is 4.50. The molecule has 1 aromatic rings. The van der Waals surface area contributed by atoms with E-state index in [0.29, 0.717) is 0 Å². The van der Waals surface area contributed by atoms with Crippen LogP contribution in [0.1, 0.15) is 45.6 Å². The fraction of sp³-hybridized carbons (Fsp3) is 0.526. The minimum Gasteiger partial charge on any atom is -0.433 e. The summed E-state index contributed by atoms with van der Waals surface area (Å²) in [6, 6.07) is 9.79. The molecule has 0 amide bonds. The summed E-state index contributed by atoms with van der Waals surface area (Å²) in [5.74, 6) is -0.223. The van der Waals surface area contributed by atoms with E-state index in [4.69, 9.17) is 9.47 Å². The highest BCUT2D eigenvalue weighted by molar-refractivity contribution is 5.84. The highest BCUT2D eigenvalue weighted by Crippen LogP contribution is 2.48. The van der Waals surface area contributed by atoms with Crippen LogP contribution in [-0.4, -0.2) is 12.3 Å². The largest absolute Gasteiger partial charge is 0.433 e. The van der Waals surface area contributed by atoms with E-state index in [1.54, 1.807) is 0 Å². The van der Waals surface area contributed by atoms with Crippen LogP contribution in [0.15, 0.2) is 42.5 Å². The Morgan fingerprint density at radius 2 is 1.91 bits per heavy atom. The second-order valence-corrected chi connectivity index (χ2v) is 7.29. The fourth-order valence-electron chi connectivity index (χ4n) is 3.25. The predicted octanol–water partition coefficient (Wildman–Crippen LogP) is 4.18. The van der Waals surface area contributed by atoms with Crippen molar-refractivity contribution in [2.75, 3.05) is 0 Å². The summed E-state index contributed by atoms with van der Waals surface area (Å²) in [6.07, 6.45) is 6.85. The van der Waals surface area contributed by atoms with E-state index in [9.17, 15) is 4.79 Å². The molecular weight excluding hydrogens is 276 g/mol. The fourth-order valence-corrected chi connectivity index (χ4v) is 3.25. The molecular formula is C19H24O3. The highest BCUT2D eigenvalue weighted by atomic mass is 16.8. The van der Waals surface area contributed by atoms with Gasteiger partial charge in [0, 0.05) is 11.3 Å². The Bertz CT molecular complexity index is 570. The van der Waals surface area contributed by atoms with E-state index in [1.165, 1.54) is 0 Å². The lowest BCUT2D eigenvalue weighted by molar-refractivity contribution is -0.160. The van der Waals surface area contributed by atoms with Gasteiger partial charge in [0.05, 0.1) is 0 Å². The summed E-state index contributed by atoms with van der Waals surface area (Å²) in [5.41, 5.74) is -0.357. The van der Waals surface area contributed by atoms with Gasteiger partial charge in [-0.15, -0.1) is 0 Å². The Balaban J connectivity index is 2.06. The number of cyclic esters (lactones) is 1. The molecule has 3 atom stereocenters. The van der Waals surface area contributed by atoms with Gasteiger partial charge in [0.15, 0.2) is 0 Å². The lowest BCUT2D eigenvalue weighted by Gasteiger charge is -2.34. The first kappa shape index (κ1) is 15.3. The van der Waals surface area contributed by atoms with Crippen LogP contribution in [0, 0.1) is 11.3 Å². The topological polar surface area (TPSA) is 35.5 Å². The molecule has 3 nitrogen and oxygen atoms in total. The molecule has 0 N–H and O–H groups in total. The van der Waals surface area contributed by atoms with Gasteiger partial charge < -0.3 is 9.47 Å². The van der Waals surface area contributed by atoms with Gasteiger partial charge in [0.1, 0.15) is 0 Å². The van der Waals surface area contributed by atoms with E-state index in [-0.39, 0.29) is 17.3 Å². The monoisotopic (exact) mass is 300 g/mol. The van der Waals surface area contributed by atoms with Crippen LogP contribution >= 0.6 is 0 Å². The van der Waals surface area contributed by atoms with Crippen molar-refractivity contribution in [1.82, 2.24) is 0 Å². The minimum absolute atomic E-state index is 0.0310. The molecule has 22 heavy (non-hydrogen) atoms. The summed E-state index contributed by atoms with van der Waals surface area (Å²) in [5, 5.41) is 0. The van der Waals surface area contributed by atoms with Crippen LogP contribution in [-0.2, 0) is 19.9 Å². The van der Waals surface area contributed by atoms with Gasteiger partial charge in [0.25, 0.3) is 0 Å². The average molecular weight is 300 g/mol. The maximum Gasteiger partial charge on any atom is 0.346 e. The Hall–Kier alpha value is -1.61. The Kier molecular flexibility index (Phi) is 3.85. The molecule has 1 aromatic carbocycles. The maximum absolute atomic E-state index is 12.9. The zero-order chi connectivity index (χ0) is 15.8. The second-order valence-electron chi connectivity index (χ2n) is 7.29. The zero-order valence-corrected chi connectivity index (χ0v) is 13.5. The predicted molar refractivity (Wildman–Crippen MR) is 85.0 cm³/mol. The van der Waals surface area contributed by atoms with Gasteiger partial charge >= 0.3 is 5.97 Å². The zero-order valence-electron chi connectivity index (χ0n) is 13.5. The average Bonchev–Trinajstić information content (AvgIpc) is 2.88. The van der Waals surface area contributed by atoms with Gasteiger partial charge in [-0.1, -0.05) is 63.3 Å². The molecule has 0 saturated carbocycles. The standard InChI is InChI=1S/C19H24O3/c1-18(2,3)17-21-16(20)19(22-17,14-10-6-4-7-11-14)15-12-8-5-9-13-15/h4,6-8,10-12,15,17H,5,9,13H2,1-3H3/t15?,17-,19-/m1/s1. The molecule has 0 radical (unpaired) electrons. The molecule has 3 rings (SSSR count). The van der Waals surface area contributed by atoms with Crippen molar-refractivity contribution < 1.29 is 14.3 Å². The lowest BCUT2D eigenvalue weighted by Crippen LogP contribution is -2.42. The van der Waals surface area contributed by atoms with E-state index >= 15 is 0 Å². The number of carbonyl (C=O) groups excluding carboxylic acids is 1. The van der Waals surface area contributed by atoms with Crippen molar-refractivity contribution in [1.29, 1.82) is 0 Å². The second kappa shape index (κ2) is 5.54. The normalized spacial score (nSPS) is 32.0. The first-order valence-electron chi connectivity index (χ1n) is 8.05. The van der Waals surface area contributed by atoms with E-state index in [1.807, 2.05) is 51.1 Å². The molecule has 1 heterocycles. The van der Waals surface area contributed by atoms with Crippen LogP contribution < -0.4 is 0 Å². The van der Waals surface area contributed by atoms with Crippen molar-refractivity contribution in [2.24, 2.45) is 11.3 Å². The smallest absolute Gasteiger partial charge is 0.346 e. The molecule has 1 fully saturated rings. The van der Waals surface area contributed by atoms with Gasteiger partial charge in [-0.3, -0.25) is 0 Å². The van der Waals surface area contributed by atoms with E-state index in [2.05, 4.69) is 12.2 Å². The molecule has 1 aliphatic carbocycles. The number of hydrogen-bond donors (Lipinski definition) is 0.